The Morgan fingerprint density at radius 1 is 1.00 bits per heavy atom. The van der Waals surface area contributed by atoms with Gasteiger partial charge < -0.3 is 10.2 Å². The van der Waals surface area contributed by atoms with Crippen molar-refractivity contribution in [3.63, 3.8) is 0 Å². The summed E-state index contributed by atoms with van der Waals surface area (Å²) in [5.41, 5.74) is 0. The van der Waals surface area contributed by atoms with Crippen LogP contribution in [0.5, 0.6) is 0 Å². The van der Waals surface area contributed by atoms with Gasteiger partial charge in [0.25, 0.3) is 0 Å². The summed E-state index contributed by atoms with van der Waals surface area (Å²) in [4.78, 5) is 19.1. The van der Waals surface area contributed by atoms with Gasteiger partial charge in [0.2, 0.25) is 0 Å². The first kappa shape index (κ1) is 16.9. The van der Waals surface area contributed by atoms with Crippen molar-refractivity contribution in [3.8, 4) is 0 Å². The SMILES string of the molecule is O=C(O)/C=C/C(=O)O.[Fe].[O]=[Zn]. The number of rotatable bonds is 2. The predicted molar refractivity (Wildman–Crippen MR) is 25.1 cm³/mol. The van der Waals surface area contributed by atoms with E-state index in [-0.39, 0.29) is 35.3 Å². The van der Waals surface area contributed by atoms with Crippen LogP contribution in [0.2, 0.25) is 0 Å². The zero-order valence-electron chi connectivity index (χ0n) is 5.33. The van der Waals surface area contributed by atoms with Gasteiger partial charge in [0.15, 0.2) is 0 Å². The van der Waals surface area contributed by atoms with E-state index in [1.54, 1.807) is 0 Å². The fraction of sp³-hybridized carbons (Fsp3) is 0. The van der Waals surface area contributed by atoms with Gasteiger partial charge in [0, 0.05) is 29.2 Å². The molecule has 0 aliphatic rings. The van der Waals surface area contributed by atoms with E-state index in [1.807, 2.05) is 0 Å². The molecule has 0 aliphatic carbocycles. The number of carbonyl (C=O) groups is 2. The monoisotopic (exact) mass is 252 g/mol. The van der Waals surface area contributed by atoms with E-state index in [4.69, 9.17) is 13.8 Å². The zero-order valence-corrected chi connectivity index (χ0v) is 9.41. The molecule has 0 spiro atoms. The maximum atomic E-state index is 9.55. The Morgan fingerprint density at radius 2 is 1.18 bits per heavy atom. The molecule has 0 fully saturated rings. The van der Waals surface area contributed by atoms with Crippen molar-refractivity contribution >= 4 is 11.9 Å². The fourth-order valence-corrected chi connectivity index (χ4v) is 0.143. The molecule has 2 N–H and O–H groups in total. The van der Waals surface area contributed by atoms with Crippen LogP contribution < -0.4 is 0 Å². The normalized spacial score (nSPS) is 7.45. The fourth-order valence-electron chi connectivity index (χ4n) is 0.143. The van der Waals surface area contributed by atoms with Crippen molar-refractivity contribution in [1.29, 1.82) is 0 Å². The summed E-state index contributed by atoms with van der Waals surface area (Å²) in [7, 11) is 0. The Bertz CT molecular complexity index is 141. The number of hydrogen-bond donors (Lipinski definition) is 2. The van der Waals surface area contributed by atoms with Crippen molar-refractivity contribution in [2.45, 2.75) is 0 Å². The number of hydrogen-bond acceptors (Lipinski definition) is 3. The van der Waals surface area contributed by atoms with Crippen LogP contribution in [0.4, 0.5) is 0 Å². The van der Waals surface area contributed by atoms with Gasteiger partial charge in [0.05, 0.1) is 0 Å². The molecule has 0 unspecified atom stereocenters. The third-order valence-corrected chi connectivity index (χ3v) is 0.368. The number of carboxylic acids is 2. The van der Waals surface area contributed by atoms with Gasteiger partial charge in [-0.15, -0.1) is 0 Å². The third-order valence-electron chi connectivity index (χ3n) is 0.368. The summed E-state index contributed by atoms with van der Waals surface area (Å²) in [5, 5.41) is 15.6. The van der Waals surface area contributed by atoms with E-state index in [2.05, 4.69) is 0 Å². The summed E-state index contributed by atoms with van der Waals surface area (Å²) in [6.45, 7) is 0. The molecule has 0 aromatic heterocycles. The zero-order chi connectivity index (χ0) is 8.57. The topological polar surface area (TPSA) is 91.7 Å². The molecule has 0 saturated carbocycles. The molecule has 0 aromatic rings. The number of aliphatic carboxylic acids is 2. The quantitative estimate of drug-likeness (QED) is 0.515. The van der Waals surface area contributed by atoms with E-state index in [1.165, 1.54) is 0 Å². The molecule has 0 saturated heterocycles. The molecule has 0 heterocycles. The third kappa shape index (κ3) is 26.2. The van der Waals surface area contributed by atoms with Crippen LogP contribution in [-0.4, -0.2) is 22.2 Å². The molecule has 5 nitrogen and oxygen atoms in total. The molecule has 0 rings (SSSR count). The van der Waals surface area contributed by atoms with Gasteiger partial charge in [-0.25, -0.2) is 9.59 Å². The van der Waals surface area contributed by atoms with Crippen LogP contribution in [0.25, 0.3) is 0 Å². The average molecular weight is 253 g/mol. The summed E-state index contributed by atoms with van der Waals surface area (Å²) >= 11 is 0.125. The Labute approximate surface area is 82.9 Å². The van der Waals surface area contributed by atoms with Gasteiger partial charge in [-0.1, -0.05) is 0 Å². The summed E-state index contributed by atoms with van der Waals surface area (Å²) in [6, 6.07) is 0. The summed E-state index contributed by atoms with van der Waals surface area (Å²) in [6.07, 6.45) is 1.12. The molecule has 11 heavy (non-hydrogen) atoms. The predicted octanol–water partition coefficient (Wildman–Crippen LogP) is -0.412. The minimum absolute atomic E-state index is 0. The van der Waals surface area contributed by atoms with Crippen molar-refractivity contribution in [3.05, 3.63) is 12.2 Å². The van der Waals surface area contributed by atoms with Crippen LogP contribution in [0.3, 0.4) is 0 Å². The molecule has 0 bridgehead atoms. The first-order valence-electron chi connectivity index (χ1n) is 2.05. The van der Waals surface area contributed by atoms with Crippen molar-refractivity contribution in [2.24, 2.45) is 0 Å². The molecule has 0 aliphatic heterocycles. The van der Waals surface area contributed by atoms with Gasteiger partial charge >= 0.3 is 33.8 Å². The first-order chi connectivity index (χ1) is 4.63. The van der Waals surface area contributed by atoms with E-state index >= 15 is 0 Å². The van der Waals surface area contributed by atoms with Crippen LogP contribution >= 0.6 is 0 Å². The maximum absolute atomic E-state index is 9.55. The first-order valence-corrected chi connectivity index (χ1v) is 3.27. The Kier molecular flexibility index (Phi) is 18.9. The molecule has 60 valence electrons. The Hall–Kier alpha value is -0.377. The van der Waals surface area contributed by atoms with Crippen LogP contribution in [0, 0.1) is 0 Å². The van der Waals surface area contributed by atoms with Crippen LogP contribution in [-0.2, 0) is 48.5 Å². The molecule has 0 aromatic carbocycles. The standard InChI is InChI=1S/C4H4O4.Fe.O.Zn/c5-3(6)1-2-4(7)8;;;/h1-2H,(H,5,6)(H,7,8);;;/b2-1+;;;. The average Bonchev–Trinajstić information content (AvgIpc) is 1.89. The molecule has 7 heteroatoms. The van der Waals surface area contributed by atoms with E-state index in [0.717, 1.165) is 0 Å². The van der Waals surface area contributed by atoms with Gasteiger partial charge in [0.1, 0.15) is 0 Å². The molecule has 0 atom stereocenters. The van der Waals surface area contributed by atoms with Gasteiger partial charge in [-0.3, -0.25) is 0 Å². The second-order valence-corrected chi connectivity index (χ2v) is 1.01. The molecular weight excluding hydrogens is 249 g/mol. The second kappa shape index (κ2) is 12.3. The second-order valence-electron chi connectivity index (χ2n) is 1.01. The van der Waals surface area contributed by atoms with Crippen LogP contribution in [0.15, 0.2) is 12.2 Å². The van der Waals surface area contributed by atoms with Crippen molar-refractivity contribution < 1.29 is 58.7 Å². The van der Waals surface area contributed by atoms with E-state index < -0.39 is 11.9 Å². The molecule has 0 radical (unpaired) electrons. The summed E-state index contributed by atoms with van der Waals surface area (Å²) < 4.78 is 8.38. The summed E-state index contributed by atoms with van der Waals surface area (Å²) in [5.74, 6) is -2.51. The minimum atomic E-state index is -1.26. The van der Waals surface area contributed by atoms with Crippen molar-refractivity contribution in [2.75, 3.05) is 0 Å². The van der Waals surface area contributed by atoms with Gasteiger partial charge in [-0.05, 0) is 0 Å². The van der Waals surface area contributed by atoms with Gasteiger partial charge in [-0.2, -0.15) is 0 Å². The molecule has 0 amide bonds. The Morgan fingerprint density at radius 3 is 1.27 bits per heavy atom. The van der Waals surface area contributed by atoms with E-state index in [0.29, 0.717) is 12.2 Å². The van der Waals surface area contributed by atoms with E-state index in [9.17, 15) is 9.59 Å². The van der Waals surface area contributed by atoms with Crippen molar-refractivity contribution in [1.82, 2.24) is 0 Å². The van der Waals surface area contributed by atoms with Crippen LogP contribution in [0.1, 0.15) is 0 Å². The number of carboxylic acid groups (broad SMARTS) is 2. The molecular formula is C4H4FeO5Zn. The Balaban J connectivity index is -0.000000196.